The molecule has 0 amide bonds. The van der Waals surface area contributed by atoms with Crippen LogP contribution in [0.5, 0.6) is 0 Å². The fraction of sp³-hybridized carbons (Fsp3) is 0.357. The van der Waals surface area contributed by atoms with E-state index in [0.29, 0.717) is 17.0 Å². The molecule has 6 nitrogen and oxygen atoms in total. The summed E-state index contributed by atoms with van der Waals surface area (Å²) in [4.78, 5) is 23.4. The van der Waals surface area contributed by atoms with E-state index >= 15 is 0 Å². The Morgan fingerprint density at radius 2 is 2.20 bits per heavy atom. The second kappa shape index (κ2) is 6.57. The standard InChI is InChI=1S/C14H17N3O3/c1-5-20-13(18)7-10(3)16-17-11(4)6-9(2)12(8-15)14(17)19/h6-7,16H,5H2,1-4H3. The van der Waals surface area contributed by atoms with Crippen LogP contribution in [0.2, 0.25) is 0 Å². The SMILES string of the molecule is CCOC(=O)C=C(C)Nn1c(C)cc(C)c(C#N)c1=O. The highest BCUT2D eigenvalue weighted by Crippen LogP contribution is 2.05. The third-order valence-corrected chi connectivity index (χ3v) is 2.61. The van der Waals surface area contributed by atoms with Gasteiger partial charge in [-0.3, -0.25) is 10.2 Å². The fourth-order valence-electron chi connectivity index (χ4n) is 1.73. The molecule has 1 aromatic rings. The summed E-state index contributed by atoms with van der Waals surface area (Å²) in [5.41, 5.74) is 4.13. The molecular weight excluding hydrogens is 258 g/mol. The minimum atomic E-state index is -0.490. The van der Waals surface area contributed by atoms with E-state index in [1.807, 2.05) is 6.07 Å². The van der Waals surface area contributed by atoms with E-state index in [4.69, 9.17) is 10.00 Å². The van der Waals surface area contributed by atoms with Gasteiger partial charge in [0.05, 0.1) is 6.61 Å². The minimum Gasteiger partial charge on any atom is -0.463 e. The molecule has 1 N–H and O–H groups in total. The van der Waals surface area contributed by atoms with E-state index in [2.05, 4.69) is 5.43 Å². The van der Waals surface area contributed by atoms with Gasteiger partial charge in [-0.15, -0.1) is 0 Å². The molecule has 0 fully saturated rings. The number of aryl methyl sites for hydroxylation is 2. The van der Waals surface area contributed by atoms with Gasteiger partial charge in [-0.25, -0.2) is 9.47 Å². The van der Waals surface area contributed by atoms with Crippen molar-refractivity contribution in [2.75, 3.05) is 12.0 Å². The van der Waals surface area contributed by atoms with Crippen LogP contribution in [0.15, 0.2) is 22.6 Å². The lowest BCUT2D eigenvalue weighted by molar-refractivity contribution is -0.137. The molecule has 0 atom stereocenters. The molecule has 0 aliphatic heterocycles. The fourth-order valence-corrected chi connectivity index (χ4v) is 1.73. The number of nitriles is 1. The molecular formula is C14H17N3O3. The van der Waals surface area contributed by atoms with Crippen molar-refractivity contribution >= 4 is 5.97 Å². The summed E-state index contributed by atoms with van der Waals surface area (Å²) in [7, 11) is 0. The molecule has 1 heterocycles. The molecule has 0 spiro atoms. The highest BCUT2D eigenvalue weighted by molar-refractivity contribution is 5.82. The summed E-state index contributed by atoms with van der Waals surface area (Å²) in [5, 5.41) is 8.98. The summed E-state index contributed by atoms with van der Waals surface area (Å²) >= 11 is 0. The summed E-state index contributed by atoms with van der Waals surface area (Å²) < 4.78 is 6.01. The van der Waals surface area contributed by atoms with Crippen LogP contribution in [0.25, 0.3) is 0 Å². The Morgan fingerprint density at radius 1 is 1.55 bits per heavy atom. The predicted molar refractivity (Wildman–Crippen MR) is 74.6 cm³/mol. The van der Waals surface area contributed by atoms with Crippen LogP contribution in [-0.4, -0.2) is 17.3 Å². The zero-order chi connectivity index (χ0) is 15.3. The van der Waals surface area contributed by atoms with Crippen molar-refractivity contribution < 1.29 is 9.53 Å². The average molecular weight is 275 g/mol. The summed E-state index contributed by atoms with van der Waals surface area (Å²) in [6.07, 6.45) is 1.25. The van der Waals surface area contributed by atoms with Gasteiger partial charge in [0.25, 0.3) is 5.56 Å². The molecule has 0 aliphatic rings. The molecule has 106 valence electrons. The molecule has 0 aliphatic carbocycles. The van der Waals surface area contributed by atoms with E-state index < -0.39 is 11.5 Å². The maximum atomic E-state index is 12.1. The lowest BCUT2D eigenvalue weighted by Gasteiger charge is -2.14. The van der Waals surface area contributed by atoms with Crippen LogP contribution in [-0.2, 0) is 9.53 Å². The van der Waals surface area contributed by atoms with Crippen LogP contribution in [0, 0.1) is 25.2 Å². The van der Waals surface area contributed by atoms with Crippen molar-refractivity contribution in [2.24, 2.45) is 0 Å². The Morgan fingerprint density at radius 3 is 2.75 bits per heavy atom. The molecule has 0 unspecified atom stereocenters. The zero-order valence-electron chi connectivity index (χ0n) is 12.0. The first-order valence-corrected chi connectivity index (χ1v) is 6.16. The molecule has 6 heteroatoms. The van der Waals surface area contributed by atoms with Gasteiger partial charge in [-0.1, -0.05) is 0 Å². The van der Waals surface area contributed by atoms with Crippen molar-refractivity contribution in [3.8, 4) is 6.07 Å². The normalized spacial score (nSPS) is 10.8. The molecule has 0 radical (unpaired) electrons. The minimum absolute atomic E-state index is 0.0760. The van der Waals surface area contributed by atoms with Gasteiger partial charge >= 0.3 is 5.97 Å². The second-order valence-corrected chi connectivity index (χ2v) is 4.29. The van der Waals surface area contributed by atoms with Gasteiger partial charge in [0.15, 0.2) is 0 Å². The van der Waals surface area contributed by atoms with Crippen LogP contribution in [0.3, 0.4) is 0 Å². The first-order valence-electron chi connectivity index (χ1n) is 6.16. The maximum absolute atomic E-state index is 12.1. The highest BCUT2D eigenvalue weighted by atomic mass is 16.5. The number of esters is 1. The first-order chi connectivity index (χ1) is 9.40. The van der Waals surface area contributed by atoms with Gasteiger partial charge in [0.2, 0.25) is 0 Å². The lowest BCUT2D eigenvalue weighted by atomic mass is 10.1. The van der Waals surface area contributed by atoms with E-state index in [1.165, 1.54) is 10.8 Å². The lowest BCUT2D eigenvalue weighted by Crippen LogP contribution is -2.32. The first kappa shape index (κ1) is 15.5. The number of rotatable bonds is 4. The number of carbonyl (C=O) groups is 1. The van der Waals surface area contributed by atoms with Crippen LogP contribution >= 0.6 is 0 Å². The van der Waals surface area contributed by atoms with Gasteiger partial charge in [0.1, 0.15) is 11.6 Å². The monoisotopic (exact) mass is 275 g/mol. The highest BCUT2D eigenvalue weighted by Gasteiger charge is 2.10. The van der Waals surface area contributed by atoms with Crippen molar-refractivity contribution in [1.82, 2.24) is 4.68 Å². The van der Waals surface area contributed by atoms with Crippen LogP contribution in [0.1, 0.15) is 30.7 Å². The van der Waals surface area contributed by atoms with Crippen molar-refractivity contribution in [1.29, 1.82) is 5.26 Å². The van der Waals surface area contributed by atoms with Crippen molar-refractivity contribution in [3.05, 3.63) is 45.0 Å². The van der Waals surface area contributed by atoms with E-state index in [9.17, 15) is 9.59 Å². The van der Waals surface area contributed by atoms with E-state index in [-0.39, 0.29) is 12.2 Å². The molecule has 0 bridgehead atoms. The quantitative estimate of drug-likeness (QED) is 0.662. The predicted octanol–water partition coefficient (Wildman–Crippen LogP) is 1.35. The Hall–Kier alpha value is -2.55. The van der Waals surface area contributed by atoms with E-state index in [1.54, 1.807) is 33.8 Å². The van der Waals surface area contributed by atoms with E-state index in [0.717, 1.165) is 0 Å². The largest absolute Gasteiger partial charge is 0.463 e. The van der Waals surface area contributed by atoms with Crippen molar-refractivity contribution in [3.63, 3.8) is 0 Å². The molecule has 20 heavy (non-hydrogen) atoms. The third-order valence-electron chi connectivity index (χ3n) is 2.61. The molecule has 1 rings (SSSR count). The second-order valence-electron chi connectivity index (χ2n) is 4.29. The zero-order valence-corrected chi connectivity index (χ0v) is 12.0. The molecule has 0 aromatic carbocycles. The van der Waals surface area contributed by atoms with Crippen LogP contribution in [0.4, 0.5) is 0 Å². The Kier molecular flexibility index (Phi) is 5.09. The van der Waals surface area contributed by atoms with Gasteiger partial charge in [-0.05, 0) is 39.3 Å². The number of carbonyl (C=O) groups excluding carboxylic acids is 1. The number of aromatic nitrogens is 1. The number of hydrogen-bond acceptors (Lipinski definition) is 5. The van der Waals surface area contributed by atoms with Gasteiger partial charge < -0.3 is 4.74 Å². The van der Waals surface area contributed by atoms with Crippen LogP contribution < -0.4 is 11.0 Å². The maximum Gasteiger partial charge on any atom is 0.332 e. The summed E-state index contributed by atoms with van der Waals surface area (Å²) in [6.45, 7) is 7.07. The Balaban J connectivity index is 3.14. The topological polar surface area (TPSA) is 84.1 Å². The Bertz CT molecular complexity index is 651. The third kappa shape index (κ3) is 3.48. The number of ether oxygens (including phenoxy) is 1. The van der Waals surface area contributed by atoms with Gasteiger partial charge in [-0.2, -0.15) is 5.26 Å². The summed E-state index contributed by atoms with van der Waals surface area (Å²) in [6, 6.07) is 3.61. The molecule has 0 saturated carbocycles. The number of hydrogen-bond donors (Lipinski definition) is 1. The average Bonchev–Trinajstić information content (AvgIpc) is 2.35. The smallest absolute Gasteiger partial charge is 0.332 e. The molecule has 1 aromatic heterocycles. The number of allylic oxidation sites excluding steroid dienone is 1. The number of nitrogens with zero attached hydrogens (tertiary/aromatic N) is 2. The van der Waals surface area contributed by atoms with Gasteiger partial charge in [0, 0.05) is 17.5 Å². The number of pyridine rings is 1. The Labute approximate surface area is 117 Å². The molecule has 0 saturated heterocycles. The summed E-state index contributed by atoms with van der Waals surface area (Å²) in [5.74, 6) is -0.490. The number of nitrogens with one attached hydrogen (secondary N) is 1. The van der Waals surface area contributed by atoms with Crippen molar-refractivity contribution in [2.45, 2.75) is 27.7 Å².